The minimum Gasteiger partial charge on any atom is -0.493 e. The van der Waals surface area contributed by atoms with E-state index in [1.807, 2.05) is 17.5 Å². The number of thiazole rings is 1. The second kappa shape index (κ2) is 10.1. The van der Waals surface area contributed by atoms with Gasteiger partial charge in [0, 0.05) is 42.8 Å². The van der Waals surface area contributed by atoms with E-state index in [0.717, 1.165) is 28.2 Å². The average molecular weight is 421 g/mol. The number of nitrogens with zero attached hydrogens (tertiary/aromatic N) is 2. The van der Waals surface area contributed by atoms with Crippen molar-refractivity contribution in [1.82, 2.24) is 15.3 Å². The van der Waals surface area contributed by atoms with Gasteiger partial charge in [-0.2, -0.15) is 8.78 Å². The van der Waals surface area contributed by atoms with E-state index in [2.05, 4.69) is 20.0 Å². The summed E-state index contributed by atoms with van der Waals surface area (Å²) in [4.78, 5) is 8.66. The molecule has 3 rings (SSSR count). The molecule has 0 bridgehead atoms. The summed E-state index contributed by atoms with van der Waals surface area (Å²) in [5.41, 5.74) is 2.81. The summed E-state index contributed by atoms with van der Waals surface area (Å²) in [6.07, 6.45) is 4.27. The van der Waals surface area contributed by atoms with Crippen LogP contribution < -0.4 is 19.5 Å². The van der Waals surface area contributed by atoms with E-state index in [1.54, 1.807) is 35.9 Å². The van der Waals surface area contributed by atoms with E-state index < -0.39 is 6.61 Å². The highest BCUT2D eigenvalue weighted by Crippen LogP contribution is 2.39. The predicted octanol–water partition coefficient (Wildman–Crippen LogP) is 4.16. The van der Waals surface area contributed by atoms with Crippen LogP contribution in [-0.2, 0) is 13.0 Å². The monoisotopic (exact) mass is 421 g/mol. The summed E-state index contributed by atoms with van der Waals surface area (Å²) in [5.74, 6) is 0.284. The lowest BCUT2D eigenvalue weighted by Crippen LogP contribution is -2.17. The van der Waals surface area contributed by atoms with Gasteiger partial charge in [0.2, 0.25) is 5.75 Å². The second-order valence-corrected chi connectivity index (χ2v) is 6.94. The molecule has 0 aliphatic heterocycles. The van der Waals surface area contributed by atoms with Gasteiger partial charge in [-0.05, 0) is 29.8 Å². The van der Waals surface area contributed by atoms with Gasteiger partial charge in [-0.1, -0.05) is 0 Å². The summed E-state index contributed by atoms with van der Waals surface area (Å²) in [5, 5.41) is 6.38. The molecule has 0 fully saturated rings. The van der Waals surface area contributed by atoms with Crippen LogP contribution in [0.1, 0.15) is 10.6 Å². The van der Waals surface area contributed by atoms with Crippen molar-refractivity contribution in [3.8, 4) is 28.5 Å². The average Bonchev–Trinajstić information content (AvgIpc) is 3.21. The lowest BCUT2D eigenvalue weighted by molar-refractivity contribution is -0.0526. The topological polar surface area (TPSA) is 65.5 Å². The lowest BCUT2D eigenvalue weighted by Gasteiger charge is -2.15. The number of benzene rings is 1. The quantitative estimate of drug-likeness (QED) is 0.496. The van der Waals surface area contributed by atoms with Crippen LogP contribution >= 0.6 is 11.3 Å². The number of nitrogens with one attached hydrogen (secondary N) is 1. The molecular formula is C20H21F2N3O3S. The highest BCUT2D eigenvalue weighted by Gasteiger charge is 2.18. The largest absolute Gasteiger partial charge is 0.493 e. The Morgan fingerprint density at radius 3 is 2.41 bits per heavy atom. The number of hydrogen-bond acceptors (Lipinski definition) is 7. The second-order valence-electron chi connectivity index (χ2n) is 6.00. The number of rotatable bonds is 10. The van der Waals surface area contributed by atoms with Gasteiger partial charge in [0.15, 0.2) is 11.5 Å². The van der Waals surface area contributed by atoms with Crippen molar-refractivity contribution in [1.29, 1.82) is 0 Å². The molecule has 1 aromatic carbocycles. The third kappa shape index (κ3) is 5.61. The Bertz CT molecular complexity index is 897. The zero-order chi connectivity index (χ0) is 20.6. The highest BCUT2D eigenvalue weighted by atomic mass is 32.1. The number of aromatic nitrogens is 2. The number of hydrogen-bond donors (Lipinski definition) is 1. The molecule has 0 aliphatic carbocycles. The van der Waals surface area contributed by atoms with Gasteiger partial charge in [-0.3, -0.25) is 4.98 Å². The Hall–Kier alpha value is -2.78. The highest BCUT2D eigenvalue weighted by molar-refractivity contribution is 7.09. The number of methoxy groups -OCH3 is 2. The van der Waals surface area contributed by atoms with Crippen LogP contribution in [0.2, 0.25) is 0 Å². The normalized spacial score (nSPS) is 10.9. The first kappa shape index (κ1) is 20.9. The van der Waals surface area contributed by atoms with Crippen molar-refractivity contribution >= 4 is 11.3 Å². The van der Waals surface area contributed by atoms with Gasteiger partial charge >= 0.3 is 6.61 Å². The number of halogens is 2. The van der Waals surface area contributed by atoms with Gasteiger partial charge in [0.1, 0.15) is 0 Å². The Morgan fingerprint density at radius 2 is 1.79 bits per heavy atom. The van der Waals surface area contributed by atoms with Gasteiger partial charge in [-0.25, -0.2) is 4.98 Å². The summed E-state index contributed by atoms with van der Waals surface area (Å²) < 4.78 is 40.1. The molecule has 9 heteroatoms. The standard InChI is InChI=1S/C20H21F2N3O3S/c1-26-16-9-13(10-17(27-2)19(16)28-20(21)22)11-24-8-5-18-25-15(12-29-18)14-3-6-23-7-4-14/h3-4,6-7,9-10,12,20,24H,5,8,11H2,1-2H3. The fourth-order valence-corrected chi connectivity index (χ4v) is 3.56. The molecule has 2 aromatic heterocycles. The van der Waals surface area contributed by atoms with Crippen molar-refractivity contribution in [2.24, 2.45) is 0 Å². The molecule has 2 heterocycles. The maximum absolute atomic E-state index is 12.6. The maximum Gasteiger partial charge on any atom is 0.387 e. The summed E-state index contributed by atoms with van der Waals surface area (Å²) >= 11 is 1.61. The van der Waals surface area contributed by atoms with Crippen molar-refractivity contribution < 1.29 is 23.0 Å². The van der Waals surface area contributed by atoms with Crippen LogP contribution in [-0.4, -0.2) is 37.3 Å². The fraction of sp³-hybridized carbons (Fsp3) is 0.300. The van der Waals surface area contributed by atoms with Crippen LogP contribution in [0.25, 0.3) is 11.3 Å². The first-order valence-electron chi connectivity index (χ1n) is 8.86. The van der Waals surface area contributed by atoms with Crippen LogP contribution in [0.3, 0.4) is 0 Å². The minimum atomic E-state index is -2.96. The zero-order valence-corrected chi connectivity index (χ0v) is 16.8. The van der Waals surface area contributed by atoms with Gasteiger partial charge in [0.25, 0.3) is 0 Å². The molecule has 1 N–H and O–H groups in total. The molecule has 0 saturated heterocycles. The molecule has 0 unspecified atom stereocenters. The smallest absolute Gasteiger partial charge is 0.387 e. The molecule has 0 saturated carbocycles. The Morgan fingerprint density at radius 1 is 1.10 bits per heavy atom. The van der Waals surface area contributed by atoms with Crippen molar-refractivity contribution in [3.05, 3.63) is 52.6 Å². The van der Waals surface area contributed by atoms with Gasteiger partial charge < -0.3 is 19.5 Å². The number of pyridine rings is 1. The van der Waals surface area contributed by atoms with E-state index in [9.17, 15) is 8.78 Å². The van der Waals surface area contributed by atoms with E-state index in [1.165, 1.54) is 14.2 Å². The molecule has 29 heavy (non-hydrogen) atoms. The van der Waals surface area contributed by atoms with Gasteiger partial charge in [0.05, 0.1) is 24.9 Å². The Balaban J connectivity index is 1.57. The molecule has 0 aliphatic rings. The third-order valence-electron chi connectivity index (χ3n) is 4.10. The summed E-state index contributed by atoms with van der Waals surface area (Å²) in [6, 6.07) is 7.16. The molecular weight excluding hydrogens is 400 g/mol. The molecule has 3 aromatic rings. The maximum atomic E-state index is 12.6. The first-order chi connectivity index (χ1) is 14.1. The number of alkyl halides is 2. The van der Waals surface area contributed by atoms with Crippen LogP contribution in [0, 0.1) is 0 Å². The summed E-state index contributed by atoms with van der Waals surface area (Å²) in [6.45, 7) is -1.73. The SMILES string of the molecule is COc1cc(CNCCc2nc(-c3ccncc3)cs2)cc(OC)c1OC(F)F. The molecule has 0 spiro atoms. The zero-order valence-electron chi connectivity index (χ0n) is 16.0. The van der Waals surface area contributed by atoms with Gasteiger partial charge in [-0.15, -0.1) is 11.3 Å². The molecule has 0 amide bonds. The van der Waals surface area contributed by atoms with Crippen LogP contribution in [0.15, 0.2) is 42.0 Å². The fourth-order valence-electron chi connectivity index (χ4n) is 2.75. The van der Waals surface area contributed by atoms with E-state index >= 15 is 0 Å². The number of ether oxygens (including phenoxy) is 3. The van der Waals surface area contributed by atoms with Crippen LogP contribution in [0.5, 0.6) is 17.2 Å². The van der Waals surface area contributed by atoms with Crippen LogP contribution in [0.4, 0.5) is 8.78 Å². The predicted molar refractivity (Wildman–Crippen MR) is 107 cm³/mol. The van der Waals surface area contributed by atoms with Crippen molar-refractivity contribution in [2.45, 2.75) is 19.6 Å². The first-order valence-corrected chi connectivity index (χ1v) is 9.74. The summed E-state index contributed by atoms with van der Waals surface area (Å²) in [7, 11) is 2.79. The lowest BCUT2D eigenvalue weighted by atomic mass is 10.1. The Kier molecular flexibility index (Phi) is 7.31. The molecule has 154 valence electrons. The van der Waals surface area contributed by atoms with Crippen molar-refractivity contribution in [2.75, 3.05) is 20.8 Å². The molecule has 0 radical (unpaired) electrons. The van der Waals surface area contributed by atoms with E-state index in [0.29, 0.717) is 13.1 Å². The third-order valence-corrected chi connectivity index (χ3v) is 5.01. The van der Waals surface area contributed by atoms with E-state index in [-0.39, 0.29) is 17.2 Å². The van der Waals surface area contributed by atoms with E-state index in [4.69, 9.17) is 9.47 Å². The molecule has 6 nitrogen and oxygen atoms in total. The minimum absolute atomic E-state index is 0.111. The molecule has 0 atom stereocenters. The van der Waals surface area contributed by atoms with Crippen molar-refractivity contribution in [3.63, 3.8) is 0 Å². The Labute approximate surface area is 171 Å².